The van der Waals surface area contributed by atoms with Crippen molar-refractivity contribution >= 4 is 23.5 Å². The maximum atomic E-state index is 12.0. The van der Waals surface area contributed by atoms with E-state index in [2.05, 4.69) is 4.74 Å². The molecule has 118 valence electrons. The van der Waals surface area contributed by atoms with Crippen LogP contribution in [0, 0.1) is 5.92 Å². The lowest BCUT2D eigenvalue weighted by Crippen LogP contribution is -2.26. The van der Waals surface area contributed by atoms with Crippen LogP contribution in [-0.4, -0.2) is 37.6 Å². The Kier molecular flexibility index (Phi) is 4.80. The van der Waals surface area contributed by atoms with Crippen LogP contribution in [0.25, 0.3) is 0 Å². The molecule has 1 fully saturated rings. The molecule has 1 heterocycles. The van der Waals surface area contributed by atoms with Gasteiger partial charge in [-0.3, -0.25) is 9.59 Å². The van der Waals surface area contributed by atoms with Gasteiger partial charge in [0.2, 0.25) is 5.91 Å². The van der Waals surface area contributed by atoms with Crippen molar-refractivity contribution in [1.82, 2.24) is 0 Å². The van der Waals surface area contributed by atoms with E-state index in [1.807, 2.05) is 0 Å². The SMILES string of the molecule is COC(=O)C1CC(=O)N(c2ccc(C(=O)OC(C)C)cc2)C1. The van der Waals surface area contributed by atoms with Crippen molar-refractivity contribution in [2.24, 2.45) is 5.92 Å². The number of carbonyl (C=O) groups is 3. The van der Waals surface area contributed by atoms with Gasteiger partial charge in [0.15, 0.2) is 0 Å². The fourth-order valence-corrected chi connectivity index (χ4v) is 2.34. The summed E-state index contributed by atoms with van der Waals surface area (Å²) in [5.41, 5.74) is 1.08. The predicted molar refractivity (Wildman–Crippen MR) is 79.5 cm³/mol. The van der Waals surface area contributed by atoms with Crippen molar-refractivity contribution in [2.75, 3.05) is 18.6 Å². The maximum absolute atomic E-state index is 12.0. The molecule has 22 heavy (non-hydrogen) atoms. The summed E-state index contributed by atoms with van der Waals surface area (Å²) in [5, 5.41) is 0. The molecule has 0 N–H and O–H groups in total. The van der Waals surface area contributed by atoms with Gasteiger partial charge in [-0.15, -0.1) is 0 Å². The van der Waals surface area contributed by atoms with Gasteiger partial charge >= 0.3 is 11.9 Å². The number of amides is 1. The van der Waals surface area contributed by atoms with E-state index in [0.717, 1.165) is 0 Å². The number of esters is 2. The minimum atomic E-state index is -0.442. The Morgan fingerprint density at radius 1 is 1.23 bits per heavy atom. The molecule has 1 aliphatic heterocycles. The quantitative estimate of drug-likeness (QED) is 0.793. The molecule has 0 aliphatic carbocycles. The first-order valence-corrected chi connectivity index (χ1v) is 7.11. The van der Waals surface area contributed by atoms with E-state index in [1.54, 1.807) is 38.1 Å². The third-order valence-electron chi connectivity index (χ3n) is 3.42. The Hall–Kier alpha value is -2.37. The molecule has 0 saturated carbocycles. The number of anilines is 1. The molecule has 0 bridgehead atoms. The van der Waals surface area contributed by atoms with Crippen molar-refractivity contribution in [3.05, 3.63) is 29.8 Å². The number of hydrogen-bond acceptors (Lipinski definition) is 5. The topological polar surface area (TPSA) is 72.9 Å². The number of nitrogens with zero attached hydrogens (tertiary/aromatic N) is 1. The van der Waals surface area contributed by atoms with E-state index in [1.165, 1.54) is 12.0 Å². The van der Waals surface area contributed by atoms with Crippen LogP contribution in [0.4, 0.5) is 5.69 Å². The maximum Gasteiger partial charge on any atom is 0.338 e. The molecule has 6 heteroatoms. The first kappa shape index (κ1) is 16.0. The lowest BCUT2D eigenvalue weighted by molar-refractivity contribution is -0.145. The molecule has 6 nitrogen and oxygen atoms in total. The zero-order chi connectivity index (χ0) is 16.3. The molecule has 2 rings (SSSR count). The molecule has 1 atom stereocenters. The summed E-state index contributed by atoms with van der Waals surface area (Å²) in [4.78, 5) is 36.8. The number of hydrogen-bond donors (Lipinski definition) is 0. The van der Waals surface area contributed by atoms with Crippen molar-refractivity contribution in [3.8, 4) is 0 Å². The summed E-state index contributed by atoms with van der Waals surface area (Å²) in [5.74, 6) is -1.36. The molecular formula is C16H19NO5. The molecule has 0 spiro atoms. The zero-order valence-corrected chi connectivity index (χ0v) is 12.9. The summed E-state index contributed by atoms with van der Waals surface area (Å²) in [7, 11) is 1.31. The summed E-state index contributed by atoms with van der Waals surface area (Å²) < 4.78 is 9.78. The minimum Gasteiger partial charge on any atom is -0.469 e. The van der Waals surface area contributed by atoms with Gasteiger partial charge in [0, 0.05) is 18.7 Å². The van der Waals surface area contributed by atoms with Crippen molar-refractivity contribution in [3.63, 3.8) is 0 Å². The number of carbonyl (C=O) groups excluding carboxylic acids is 3. The van der Waals surface area contributed by atoms with Crippen molar-refractivity contribution < 1.29 is 23.9 Å². The van der Waals surface area contributed by atoms with Crippen LogP contribution >= 0.6 is 0 Å². The zero-order valence-electron chi connectivity index (χ0n) is 12.9. The molecule has 1 aliphatic rings. The highest BCUT2D eigenvalue weighted by Crippen LogP contribution is 2.26. The van der Waals surface area contributed by atoms with Gasteiger partial charge in [0.1, 0.15) is 0 Å². The summed E-state index contributed by atoms with van der Waals surface area (Å²) in [6.45, 7) is 3.85. The van der Waals surface area contributed by atoms with Crippen LogP contribution in [0.3, 0.4) is 0 Å². The second kappa shape index (κ2) is 6.60. The fraction of sp³-hybridized carbons (Fsp3) is 0.438. The largest absolute Gasteiger partial charge is 0.469 e. The van der Waals surface area contributed by atoms with Crippen LogP contribution in [0.1, 0.15) is 30.6 Å². The normalized spacial score (nSPS) is 17.7. The highest BCUT2D eigenvalue weighted by atomic mass is 16.5. The summed E-state index contributed by atoms with van der Waals surface area (Å²) in [6.07, 6.45) is -0.0442. The second-order valence-corrected chi connectivity index (χ2v) is 5.43. The average molecular weight is 305 g/mol. The average Bonchev–Trinajstić information content (AvgIpc) is 2.88. The molecule has 1 unspecified atom stereocenters. The van der Waals surface area contributed by atoms with Crippen LogP contribution in [0.2, 0.25) is 0 Å². The first-order valence-electron chi connectivity index (χ1n) is 7.11. The second-order valence-electron chi connectivity index (χ2n) is 5.43. The highest BCUT2D eigenvalue weighted by Gasteiger charge is 2.35. The van der Waals surface area contributed by atoms with E-state index in [9.17, 15) is 14.4 Å². The molecule has 1 aromatic rings. The number of ether oxygens (including phenoxy) is 2. The number of methoxy groups -OCH3 is 1. The van der Waals surface area contributed by atoms with Gasteiger partial charge in [-0.05, 0) is 38.1 Å². The molecular weight excluding hydrogens is 286 g/mol. The van der Waals surface area contributed by atoms with E-state index < -0.39 is 11.9 Å². The van der Waals surface area contributed by atoms with Gasteiger partial charge in [0.05, 0.1) is 24.7 Å². The fourth-order valence-electron chi connectivity index (χ4n) is 2.34. The Morgan fingerprint density at radius 3 is 2.41 bits per heavy atom. The predicted octanol–water partition coefficient (Wildman–Crippen LogP) is 1.78. The molecule has 1 saturated heterocycles. The van der Waals surface area contributed by atoms with E-state index >= 15 is 0 Å². The van der Waals surface area contributed by atoms with Crippen LogP contribution < -0.4 is 4.90 Å². The summed E-state index contributed by atoms with van der Waals surface area (Å²) in [6, 6.07) is 6.57. The number of rotatable bonds is 4. The lowest BCUT2D eigenvalue weighted by Gasteiger charge is -2.16. The third kappa shape index (κ3) is 3.44. The van der Waals surface area contributed by atoms with E-state index in [-0.39, 0.29) is 24.4 Å². The van der Waals surface area contributed by atoms with Gasteiger partial charge in [0.25, 0.3) is 0 Å². The Morgan fingerprint density at radius 2 is 1.86 bits per heavy atom. The number of benzene rings is 1. The monoisotopic (exact) mass is 305 g/mol. The van der Waals surface area contributed by atoms with E-state index in [4.69, 9.17) is 4.74 Å². The highest BCUT2D eigenvalue weighted by molar-refractivity contribution is 6.00. The molecule has 1 aromatic carbocycles. The van der Waals surface area contributed by atoms with Gasteiger partial charge in [-0.1, -0.05) is 0 Å². The van der Waals surface area contributed by atoms with Gasteiger partial charge in [-0.2, -0.15) is 0 Å². The van der Waals surface area contributed by atoms with Crippen LogP contribution in [-0.2, 0) is 19.1 Å². The lowest BCUT2D eigenvalue weighted by atomic mass is 10.1. The third-order valence-corrected chi connectivity index (χ3v) is 3.42. The Labute approximate surface area is 129 Å². The minimum absolute atomic E-state index is 0.132. The van der Waals surface area contributed by atoms with E-state index in [0.29, 0.717) is 17.8 Å². The van der Waals surface area contributed by atoms with Crippen molar-refractivity contribution in [1.29, 1.82) is 0 Å². The Balaban J connectivity index is 2.09. The Bertz CT molecular complexity index is 579. The van der Waals surface area contributed by atoms with Crippen LogP contribution in [0.15, 0.2) is 24.3 Å². The first-order chi connectivity index (χ1) is 10.4. The van der Waals surface area contributed by atoms with Crippen LogP contribution in [0.5, 0.6) is 0 Å². The van der Waals surface area contributed by atoms with Gasteiger partial charge in [-0.25, -0.2) is 4.79 Å². The smallest absolute Gasteiger partial charge is 0.338 e. The van der Waals surface area contributed by atoms with Gasteiger partial charge < -0.3 is 14.4 Å². The molecule has 0 radical (unpaired) electrons. The van der Waals surface area contributed by atoms with Crippen molar-refractivity contribution in [2.45, 2.75) is 26.4 Å². The molecule has 1 amide bonds. The molecule has 0 aromatic heterocycles. The summed E-state index contributed by atoms with van der Waals surface area (Å²) >= 11 is 0. The standard InChI is InChI=1S/C16H19NO5/c1-10(2)22-16(20)11-4-6-13(7-5-11)17-9-12(8-14(17)18)15(19)21-3/h4-7,10,12H,8-9H2,1-3H3.